The number of rotatable bonds is 2. The lowest BCUT2D eigenvalue weighted by Gasteiger charge is -2.06. The predicted molar refractivity (Wildman–Crippen MR) is 72.4 cm³/mol. The molecule has 0 atom stereocenters. The van der Waals surface area contributed by atoms with E-state index in [1.165, 1.54) is 22.9 Å². The Morgan fingerprint density at radius 1 is 1.05 bits per heavy atom. The van der Waals surface area contributed by atoms with Crippen LogP contribution in [0.4, 0.5) is 13.2 Å². The molecule has 6 heteroatoms. The number of pyridine rings is 1. The number of benzene rings is 1. The molecule has 0 saturated heterocycles. The summed E-state index contributed by atoms with van der Waals surface area (Å²) in [5.41, 5.74) is 1.45. The lowest BCUT2D eigenvalue weighted by Crippen LogP contribution is -2.06. The molecular formula is C15H12F3N3. The van der Waals surface area contributed by atoms with Crippen molar-refractivity contribution in [2.75, 3.05) is 0 Å². The number of halogens is 3. The molecule has 0 bridgehead atoms. The predicted octanol–water partition coefficient (Wildman–Crippen LogP) is 3.51. The van der Waals surface area contributed by atoms with E-state index in [-0.39, 0.29) is 17.8 Å². The molecule has 0 fully saturated rings. The van der Waals surface area contributed by atoms with Crippen LogP contribution in [0.3, 0.4) is 0 Å². The molecule has 3 nitrogen and oxygen atoms in total. The van der Waals surface area contributed by atoms with Gasteiger partial charge in [-0.05, 0) is 26.0 Å². The summed E-state index contributed by atoms with van der Waals surface area (Å²) in [5, 5.41) is 4.80. The van der Waals surface area contributed by atoms with Crippen molar-refractivity contribution in [3.63, 3.8) is 0 Å². The lowest BCUT2D eigenvalue weighted by molar-refractivity contribution is 0.492. The average Bonchev–Trinajstić information content (AvgIpc) is 2.72. The van der Waals surface area contributed by atoms with Crippen LogP contribution in [-0.4, -0.2) is 14.8 Å². The second-order valence-electron chi connectivity index (χ2n) is 4.88. The maximum atomic E-state index is 13.7. The molecule has 3 aromatic rings. The standard InChI is InChI=1S/C15H12F3N3/c1-8-11-6-13(17)9(2)19-15(11)21(20-8)7-10-4-3-5-12(16)14(10)18/h3-6H,7H2,1-2H3. The van der Waals surface area contributed by atoms with Crippen molar-refractivity contribution in [3.05, 3.63) is 58.7 Å². The van der Waals surface area contributed by atoms with Crippen molar-refractivity contribution in [2.24, 2.45) is 0 Å². The van der Waals surface area contributed by atoms with Crippen LogP contribution in [0.15, 0.2) is 24.3 Å². The molecule has 0 aliphatic carbocycles. The molecule has 0 aliphatic rings. The third-order valence-electron chi connectivity index (χ3n) is 3.39. The highest BCUT2D eigenvalue weighted by atomic mass is 19.2. The summed E-state index contributed by atoms with van der Waals surface area (Å²) >= 11 is 0. The van der Waals surface area contributed by atoms with Crippen LogP contribution >= 0.6 is 0 Å². The van der Waals surface area contributed by atoms with E-state index in [9.17, 15) is 13.2 Å². The van der Waals surface area contributed by atoms with Crippen molar-refractivity contribution in [1.29, 1.82) is 0 Å². The van der Waals surface area contributed by atoms with Gasteiger partial charge in [-0.2, -0.15) is 5.10 Å². The summed E-state index contributed by atoms with van der Waals surface area (Å²) < 4.78 is 42.0. The summed E-state index contributed by atoms with van der Waals surface area (Å²) in [6, 6.07) is 5.34. The monoisotopic (exact) mass is 291 g/mol. The van der Waals surface area contributed by atoms with Gasteiger partial charge >= 0.3 is 0 Å². The largest absolute Gasteiger partial charge is 0.242 e. The van der Waals surface area contributed by atoms with Gasteiger partial charge in [-0.3, -0.25) is 0 Å². The summed E-state index contributed by atoms with van der Waals surface area (Å²) in [7, 11) is 0. The minimum absolute atomic E-state index is 0.0337. The zero-order valence-electron chi connectivity index (χ0n) is 11.5. The van der Waals surface area contributed by atoms with Crippen molar-refractivity contribution < 1.29 is 13.2 Å². The highest BCUT2D eigenvalue weighted by molar-refractivity contribution is 5.78. The maximum absolute atomic E-state index is 13.7. The number of hydrogen-bond donors (Lipinski definition) is 0. The first kappa shape index (κ1) is 13.6. The van der Waals surface area contributed by atoms with Gasteiger partial charge < -0.3 is 0 Å². The lowest BCUT2D eigenvalue weighted by atomic mass is 10.2. The minimum Gasteiger partial charge on any atom is -0.242 e. The molecule has 3 rings (SSSR count). The van der Waals surface area contributed by atoms with Crippen LogP contribution < -0.4 is 0 Å². The van der Waals surface area contributed by atoms with Gasteiger partial charge in [-0.15, -0.1) is 0 Å². The van der Waals surface area contributed by atoms with Crippen LogP contribution in [0.1, 0.15) is 17.0 Å². The first-order valence-electron chi connectivity index (χ1n) is 6.40. The van der Waals surface area contributed by atoms with Gasteiger partial charge in [-0.25, -0.2) is 22.8 Å². The Bertz CT molecular complexity index is 840. The van der Waals surface area contributed by atoms with Crippen LogP contribution in [0.25, 0.3) is 11.0 Å². The Balaban J connectivity index is 2.13. The van der Waals surface area contributed by atoms with Crippen molar-refractivity contribution in [3.8, 4) is 0 Å². The van der Waals surface area contributed by atoms with Crippen LogP contribution in [0.2, 0.25) is 0 Å². The Hall–Kier alpha value is -2.37. The van der Waals surface area contributed by atoms with Gasteiger partial charge in [0.15, 0.2) is 17.3 Å². The molecule has 0 spiro atoms. The summed E-state index contributed by atoms with van der Waals surface area (Å²) in [6.07, 6.45) is 0. The van der Waals surface area contributed by atoms with E-state index in [0.29, 0.717) is 16.7 Å². The average molecular weight is 291 g/mol. The fourth-order valence-electron chi connectivity index (χ4n) is 2.26. The third-order valence-corrected chi connectivity index (χ3v) is 3.39. The highest BCUT2D eigenvalue weighted by Gasteiger charge is 2.14. The van der Waals surface area contributed by atoms with E-state index in [0.717, 1.165) is 6.07 Å². The molecule has 1 aromatic carbocycles. The summed E-state index contributed by atoms with van der Waals surface area (Å²) in [6.45, 7) is 3.30. The van der Waals surface area contributed by atoms with Crippen molar-refractivity contribution in [2.45, 2.75) is 20.4 Å². The van der Waals surface area contributed by atoms with E-state index in [2.05, 4.69) is 10.1 Å². The highest BCUT2D eigenvalue weighted by Crippen LogP contribution is 2.21. The van der Waals surface area contributed by atoms with Gasteiger partial charge in [0.25, 0.3) is 0 Å². The Morgan fingerprint density at radius 2 is 1.81 bits per heavy atom. The summed E-state index contributed by atoms with van der Waals surface area (Å²) in [5.74, 6) is -2.23. The SMILES string of the molecule is Cc1nc2c(cc1F)c(C)nn2Cc1cccc(F)c1F. The number of aromatic nitrogens is 3. The normalized spacial score (nSPS) is 11.3. The van der Waals surface area contributed by atoms with Gasteiger partial charge in [0, 0.05) is 10.9 Å². The number of aryl methyl sites for hydroxylation is 2. The molecule has 0 amide bonds. The molecule has 2 aromatic heterocycles. The van der Waals surface area contributed by atoms with E-state index >= 15 is 0 Å². The summed E-state index contributed by atoms with van der Waals surface area (Å²) in [4.78, 5) is 4.15. The quantitative estimate of drug-likeness (QED) is 0.723. The smallest absolute Gasteiger partial charge is 0.163 e. The van der Waals surface area contributed by atoms with Gasteiger partial charge in [0.1, 0.15) is 5.82 Å². The van der Waals surface area contributed by atoms with E-state index < -0.39 is 17.5 Å². The zero-order valence-corrected chi connectivity index (χ0v) is 11.5. The Labute approximate surface area is 119 Å². The van der Waals surface area contributed by atoms with Gasteiger partial charge in [0.2, 0.25) is 0 Å². The molecule has 0 N–H and O–H groups in total. The molecule has 0 saturated carbocycles. The molecule has 0 unspecified atom stereocenters. The molecular weight excluding hydrogens is 279 g/mol. The topological polar surface area (TPSA) is 30.7 Å². The molecule has 21 heavy (non-hydrogen) atoms. The van der Waals surface area contributed by atoms with E-state index in [1.54, 1.807) is 13.8 Å². The van der Waals surface area contributed by atoms with Crippen molar-refractivity contribution >= 4 is 11.0 Å². The molecule has 0 aliphatic heterocycles. The van der Waals surface area contributed by atoms with Gasteiger partial charge in [0.05, 0.1) is 17.9 Å². The second-order valence-corrected chi connectivity index (χ2v) is 4.88. The third kappa shape index (κ3) is 2.26. The minimum atomic E-state index is -0.907. The van der Waals surface area contributed by atoms with E-state index in [1.807, 2.05) is 0 Å². The van der Waals surface area contributed by atoms with Crippen LogP contribution in [0, 0.1) is 31.3 Å². The van der Waals surface area contributed by atoms with Crippen molar-refractivity contribution in [1.82, 2.24) is 14.8 Å². The first-order chi connectivity index (χ1) is 9.97. The number of nitrogens with zero attached hydrogens (tertiary/aromatic N) is 3. The van der Waals surface area contributed by atoms with Gasteiger partial charge in [-0.1, -0.05) is 12.1 Å². The second kappa shape index (κ2) is 4.87. The van der Waals surface area contributed by atoms with Crippen LogP contribution in [-0.2, 0) is 6.54 Å². The Morgan fingerprint density at radius 3 is 2.57 bits per heavy atom. The van der Waals surface area contributed by atoms with E-state index in [4.69, 9.17) is 0 Å². The molecule has 2 heterocycles. The zero-order chi connectivity index (χ0) is 15.1. The molecule has 0 radical (unpaired) electrons. The first-order valence-corrected chi connectivity index (χ1v) is 6.40. The number of hydrogen-bond acceptors (Lipinski definition) is 2. The van der Waals surface area contributed by atoms with Crippen LogP contribution in [0.5, 0.6) is 0 Å². The maximum Gasteiger partial charge on any atom is 0.163 e. The molecule has 108 valence electrons. The number of fused-ring (bicyclic) bond motifs is 1. The fourth-order valence-corrected chi connectivity index (χ4v) is 2.26. The Kier molecular flexibility index (Phi) is 3.16. The fraction of sp³-hybridized carbons (Fsp3) is 0.200.